The SMILES string of the molecule is FC(F)(F)c1ncc(-c2ccccc2)cc1Cl. The summed E-state index contributed by atoms with van der Waals surface area (Å²) in [5.74, 6) is 0. The molecule has 0 aliphatic heterocycles. The summed E-state index contributed by atoms with van der Waals surface area (Å²) in [6, 6.07) is 10.2. The van der Waals surface area contributed by atoms with Crippen molar-refractivity contribution in [1.29, 1.82) is 0 Å². The lowest BCUT2D eigenvalue weighted by atomic mass is 10.1. The van der Waals surface area contributed by atoms with E-state index in [2.05, 4.69) is 4.98 Å². The molecular formula is C12H7ClF3N. The molecule has 0 radical (unpaired) electrons. The van der Waals surface area contributed by atoms with Crippen molar-refractivity contribution in [1.82, 2.24) is 4.98 Å². The summed E-state index contributed by atoms with van der Waals surface area (Å²) in [6.45, 7) is 0. The van der Waals surface area contributed by atoms with Crippen molar-refractivity contribution in [2.75, 3.05) is 0 Å². The number of hydrogen-bond acceptors (Lipinski definition) is 1. The van der Waals surface area contributed by atoms with Crippen LogP contribution in [-0.2, 0) is 6.18 Å². The predicted octanol–water partition coefficient (Wildman–Crippen LogP) is 4.42. The van der Waals surface area contributed by atoms with Crippen molar-refractivity contribution < 1.29 is 13.2 Å². The van der Waals surface area contributed by atoms with E-state index < -0.39 is 11.9 Å². The minimum Gasteiger partial charge on any atom is -0.250 e. The fourth-order valence-electron chi connectivity index (χ4n) is 1.43. The highest BCUT2D eigenvalue weighted by Crippen LogP contribution is 2.34. The molecule has 1 aromatic carbocycles. The number of benzene rings is 1. The van der Waals surface area contributed by atoms with Crippen LogP contribution in [-0.4, -0.2) is 4.98 Å². The van der Waals surface area contributed by atoms with Crippen molar-refractivity contribution in [2.24, 2.45) is 0 Å². The zero-order chi connectivity index (χ0) is 12.5. The van der Waals surface area contributed by atoms with Gasteiger partial charge >= 0.3 is 6.18 Å². The van der Waals surface area contributed by atoms with Gasteiger partial charge in [-0.2, -0.15) is 13.2 Å². The Bertz CT molecular complexity index is 523. The van der Waals surface area contributed by atoms with Crippen molar-refractivity contribution in [2.45, 2.75) is 6.18 Å². The van der Waals surface area contributed by atoms with Gasteiger partial charge < -0.3 is 0 Å². The quantitative estimate of drug-likeness (QED) is 0.737. The fraction of sp³-hybridized carbons (Fsp3) is 0.0833. The predicted molar refractivity (Wildman–Crippen MR) is 59.7 cm³/mol. The zero-order valence-corrected chi connectivity index (χ0v) is 9.26. The number of aromatic nitrogens is 1. The van der Waals surface area contributed by atoms with E-state index in [0.717, 1.165) is 5.56 Å². The van der Waals surface area contributed by atoms with E-state index in [1.165, 1.54) is 12.3 Å². The zero-order valence-electron chi connectivity index (χ0n) is 8.50. The van der Waals surface area contributed by atoms with Gasteiger partial charge in [0, 0.05) is 11.8 Å². The smallest absolute Gasteiger partial charge is 0.250 e. The Morgan fingerprint density at radius 3 is 2.18 bits per heavy atom. The van der Waals surface area contributed by atoms with Crippen LogP contribution in [0.15, 0.2) is 42.6 Å². The summed E-state index contributed by atoms with van der Waals surface area (Å²) in [4.78, 5) is 3.37. The highest BCUT2D eigenvalue weighted by atomic mass is 35.5. The first-order valence-electron chi connectivity index (χ1n) is 4.76. The lowest BCUT2D eigenvalue weighted by molar-refractivity contribution is -0.141. The highest BCUT2D eigenvalue weighted by Gasteiger charge is 2.35. The molecule has 0 unspecified atom stereocenters. The average molecular weight is 258 g/mol. The van der Waals surface area contributed by atoms with E-state index in [4.69, 9.17) is 11.6 Å². The maximum Gasteiger partial charge on any atom is 0.434 e. The average Bonchev–Trinajstić information content (AvgIpc) is 2.28. The molecule has 0 bridgehead atoms. The van der Waals surface area contributed by atoms with Crippen LogP contribution in [0.1, 0.15) is 5.69 Å². The maximum absolute atomic E-state index is 12.4. The minimum absolute atomic E-state index is 0.390. The standard InChI is InChI=1S/C12H7ClF3N/c13-10-6-9(8-4-2-1-3-5-8)7-17-11(10)12(14,15)16/h1-7H. The van der Waals surface area contributed by atoms with Gasteiger partial charge in [-0.15, -0.1) is 0 Å². The van der Waals surface area contributed by atoms with Crippen molar-refractivity contribution >= 4 is 11.6 Å². The lowest BCUT2D eigenvalue weighted by Crippen LogP contribution is -2.08. The number of nitrogens with zero attached hydrogens (tertiary/aromatic N) is 1. The molecule has 0 aliphatic carbocycles. The molecule has 1 aromatic heterocycles. The van der Waals surface area contributed by atoms with E-state index in [9.17, 15) is 13.2 Å². The van der Waals surface area contributed by atoms with E-state index >= 15 is 0 Å². The molecule has 0 saturated carbocycles. The number of hydrogen-bond donors (Lipinski definition) is 0. The highest BCUT2D eigenvalue weighted by molar-refractivity contribution is 6.31. The third kappa shape index (κ3) is 2.58. The van der Waals surface area contributed by atoms with E-state index in [1.54, 1.807) is 24.3 Å². The topological polar surface area (TPSA) is 12.9 Å². The largest absolute Gasteiger partial charge is 0.434 e. The number of halogens is 4. The van der Waals surface area contributed by atoms with Gasteiger partial charge in [0.1, 0.15) is 0 Å². The van der Waals surface area contributed by atoms with E-state index in [1.807, 2.05) is 6.07 Å². The summed E-state index contributed by atoms with van der Waals surface area (Å²) in [5.41, 5.74) is 0.276. The van der Waals surface area contributed by atoms with Crippen LogP contribution in [0.4, 0.5) is 13.2 Å². The Kier molecular flexibility index (Phi) is 3.07. The van der Waals surface area contributed by atoms with Crippen LogP contribution in [0.25, 0.3) is 11.1 Å². The van der Waals surface area contributed by atoms with Gasteiger partial charge in [0.05, 0.1) is 5.02 Å². The van der Waals surface area contributed by atoms with E-state index in [0.29, 0.717) is 5.56 Å². The third-order valence-electron chi connectivity index (χ3n) is 2.22. The normalized spacial score (nSPS) is 11.5. The molecule has 17 heavy (non-hydrogen) atoms. The van der Waals surface area contributed by atoms with Crippen LogP contribution in [0.2, 0.25) is 5.02 Å². The molecule has 0 amide bonds. The third-order valence-corrected chi connectivity index (χ3v) is 2.50. The molecule has 0 N–H and O–H groups in total. The molecule has 88 valence electrons. The fourth-order valence-corrected chi connectivity index (χ4v) is 1.71. The van der Waals surface area contributed by atoms with Gasteiger partial charge in [0.25, 0.3) is 0 Å². The van der Waals surface area contributed by atoms with E-state index in [-0.39, 0.29) is 5.02 Å². The second kappa shape index (κ2) is 4.37. The Balaban J connectivity index is 2.45. The minimum atomic E-state index is -4.52. The Labute approximate surface area is 101 Å². The molecule has 0 aliphatic rings. The summed E-state index contributed by atoms with van der Waals surface area (Å²) in [5, 5.41) is -0.390. The summed E-state index contributed by atoms with van der Waals surface area (Å²) < 4.78 is 37.3. The summed E-state index contributed by atoms with van der Waals surface area (Å²) >= 11 is 5.58. The van der Waals surface area contributed by atoms with Gasteiger partial charge in [-0.3, -0.25) is 0 Å². The van der Waals surface area contributed by atoms with Gasteiger partial charge in [0.2, 0.25) is 0 Å². The van der Waals surface area contributed by atoms with Crippen LogP contribution in [0.5, 0.6) is 0 Å². The number of pyridine rings is 1. The second-order valence-corrected chi connectivity index (χ2v) is 3.83. The number of alkyl halides is 3. The van der Waals surface area contributed by atoms with Crippen molar-refractivity contribution in [3.63, 3.8) is 0 Å². The van der Waals surface area contributed by atoms with Crippen LogP contribution in [0.3, 0.4) is 0 Å². The maximum atomic E-state index is 12.4. The first-order valence-corrected chi connectivity index (χ1v) is 5.14. The van der Waals surface area contributed by atoms with Crippen molar-refractivity contribution in [3.05, 3.63) is 53.3 Å². The lowest BCUT2D eigenvalue weighted by Gasteiger charge is -2.09. The molecule has 1 nitrogen and oxygen atoms in total. The van der Waals surface area contributed by atoms with Crippen LogP contribution in [0, 0.1) is 0 Å². The second-order valence-electron chi connectivity index (χ2n) is 3.42. The first-order chi connectivity index (χ1) is 7.98. The molecular weight excluding hydrogens is 251 g/mol. The molecule has 0 saturated heterocycles. The molecule has 2 aromatic rings. The molecule has 5 heteroatoms. The molecule has 0 fully saturated rings. The summed E-state index contributed by atoms with van der Waals surface area (Å²) in [6.07, 6.45) is -3.35. The molecule has 1 heterocycles. The van der Waals surface area contributed by atoms with Gasteiger partial charge in [-0.05, 0) is 11.6 Å². The van der Waals surface area contributed by atoms with Crippen LogP contribution >= 0.6 is 11.6 Å². The summed E-state index contributed by atoms with van der Waals surface area (Å²) in [7, 11) is 0. The molecule has 0 atom stereocenters. The monoisotopic (exact) mass is 257 g/mol. The van der Waals surface area contributed by atoms with Crippen molar-refractivity contribution in [3.8, 4) is 11.1 Å². The molecule has 2 rings (SSSR count). The Morgan fingerprint density at radius 1 is 1.00 bits per heavy atom. The van der Waals surface area contributed by atoms with Gasteiger partial charge in [-0.1, -0.05) is 41.9 Å². The first kappa shape index (κ1) is 11.9. The Morgan fingerprint density at radius 2 is 1.65 bits per heavy atom. The van der Waals surface area contributed by atoms with Gasteiger partial charge in [-0.25, -0.2) is 4.98 Å². The number of rotatable bonds is 1. The van der Waals surface area contributed by atoms with Gasteiger partial charge in [0.15, 0.2) is 5.69 Å². The Hall–Kier alpha value is -1.55. The van der Waals surface area contributed by atoms with Crippen LogP contribution < -0.4 is 0 Å². The molecule has 0 spiro atoms.